The first-order valence-corrected chi connectivity index (χ1v) is 6.55. The van der Waals surface area contributed by atoms with Gasteiger partial charge in [0, 0.05) is 15.9 Å². The van der Waals surface area contributed by atoms with Crippen molar-refractivity contribution in [3.63, 3.8) is 0 Å². The summed E-state index contributed by atoms with van der Waals surface area (Å²) in [4.78, 5) is 11.6. The molecule has 0 bridgehead atoms. The van der Waals surface area contributed by atoms with Crippen LogP contribution in [0.3, 0.4) is 0 Å². The fourth-order valence-corrected chi connectivity index (χ4v) is 2.12. The maximum absolute atomic E-state index is 11.6. The number of rotatable bonds is 5. The molecule has 1 aromatic carbocycles. The minimum Gasteiger partial charge on any atom is -0.325 e. The van der Waals surface area contributed by atoms with Gasteiger partial charge in [-0.25, -0.2) is 0 Å². The molecule has 0 heterocycles. The molecular formula is C12H15BrClNO. The lowest BCUT2D eigenvalue weighted by atomic mass is 10.2. The number of benzene rings is 1. The zero-order valence-electron chi connectivity index (χ0n) is 9.22. The molecule has 4 heteroatoms. The van der Waals surface area contributed by atoms with Crippen LogP contribution in [-0.4, -0.2) is 5.91 Å². The molecule has 0 radical (unpaired) electrons. The van der Waals surface area contributed by atoms with Gasteiger partial charge in [-0.05, 0) is 40.5 Å². The van der Waals surface area contributed by atoms with Gasteiger partial charge in [-0.2, -0.15) is 0 Å². The molecule has 2 nitrogen and oxygen atoms in total. The van der Waals surface area contributed by atoms with Crippen LogP contribution in [0.4, 0.5) is 5.69 Å². The van der Waals surface area contributed by atoms with E-state index in [-0.39, 0.29) is 5.91 Å². The molecule has 0 fully saturated rings. The minimum absolute atomic E-state index is 0.0523. The molecule has 1 aromatic rings. The van der Waals surface area contributed by atoms with E-state index in [1.807, 2.05) is 0 Å². The number of carbonyl (C=O) groups is 1. The fraction of sp³-hybridized carbons (Fsp3) is 0.417. The average Bonchev–Trinajstić information content (AvgIpc) is 2.23. The van der Waals surface area contributed by atoms with Crippen molar-refractivity contribution in [3.05, 3.63) is 27.7 Å². The second kappa shape index (κ2) is 6.92. The third-order valence-electron chi connectivity index (χ3n) is 2.21. The Kier molecular flexibility index (Phi) is 5.85. The first kappa shape index (κ1) is 13.5. The van der Waals surface area contributed by atoms with E-state index in [1.54, 1.807) is 18.2 Å². The third kappa shape index (κ3) is 4.54. The number of unbranched alkanes of at least 4 members (excludes halogenated alkanes) is 2. The van der Waals surface area contributed by atoms with Gasteiger partial charge >= 0.3 is 0 Å². The van der Waals surface area contributed by atoms with Gasteiger partial charge in [0.25, 0.3) is 0 Å². The Labute approximate surface area is 110 Å². The van der Waals surface area contributed by atoms with Crippen LogP contribution in [0.25, 0.3) is 0 Å². The lowest BCUT2D eigenvalue weighted by molar-refractivity contribution is -0.116. The van der Waals surface area contributed by atoms with Gasteiger partial charge in [0.05, 0.1) is 5.69 Å². The average molecular weight is 305 g/mol. The zero-order chi connectivity index (χ0) is 12.0. The molecular weight excluding hydrogens is 289 g/mol. The second-order valence-electron chi connectivity index (χ2n) is 3.63. The largest absolute Gasteiger partial charge is 0.325 e. The van der Waals surface area contributed by atoms with Gasteiger partial charge in [-0.1, -0.05) is 31.4 Å². The van der Waals surface area contributed by atoms with E-state index < -0.39 is 0 Å². The highest BCUT2D eigenvalue weighted by molar-refractivity contribution is 9.10. The van der Waals surface area contributed by atoms with Gasteiger partial charge in [-0.3, -0.25) is 4.79 Å². The van der Waals surface area contributed by atoms with Crippen molar-refractivity contribution in [2.75, 3.05) is 5.32 Å². The topological polar surface area (TPSA) is 29.1 Å². The maximum Gasteiger partial charge on any atom is 0.224 e. The number of nitrogens with one attached hydrogen (secondary N) is 1. The van der Waals surface area contributed by atoms with Crippen molar-refractivity contribution >= 4 is 39.1 Å². The lowest BCUT2D eigenvalue weighted by Crippen LogP contribution is -2.11. The summed E-state index contributed by atoms with van der Waals surface area (Å²) in [6.45, 7) is 2.12. The summed E-state index contributed by atoms with van der Waals surface area (Å²) in [5.41, 5.74) is 0.769. The predicted molar refractivity (Wildman–Crippen MR) is 71.9 cm³/mol. The van der Waals surface area contributed by atoms with Gasteiger partial charge < -0.3 is 5.32 Å². The smallest absolute Gasteiger partial charge is 0.224 e. The van der Waals surface area contributed by atoms with Crippen molar-refractivity contribution < 1.29 is 4.79 Å². The highest BCUT2D eigenvalue weighted by Crippen LogP contribution is 2.26. The summed E-state index contributed by atoms with van der Waals surface area (Å²) < 4.78 is 0.809. The summed E-state index contributed by atoms with van der Waals surface area (Å²) in [5.74, 6) is 0.0523. The monoisotopic (exact) mass is 303 g/mol. The van der Waals surface area contributed by atoms with E-state index in [2.05, 4.69) is 28.2 Å². The Hall–Kier alpha value is -0.540. The number of amides is 1. The minimum atomic E-state index is 0.0523. The van der Waals surface area contributed by atoms with Crippen molar-refractivity contribution in [1.82, 2.24) is 0 Å². The molecule has 0 spiro atoms. The predicted octanol–water partition coefficient (Wildman–Crippen LogP) is 4.62. The van der Waals surface area contributed by atoms with Gasteiger partial charge in [0.1, 0.15) is 0 Å². The fourth-order valence-electron chi connectivity index (χ4n) is 1.34. The maximum atomic E-state index is 11.6. The van der Waals surface area contributed by atoms with Crippen LogP contribution < -0.4 is 5.32 Å². The van der Waals surface area contributed by atoms with E-state index in [0.717, 1.165) is 29.4 Å². The number of halogens is 2. The van der Waals surface area contributed by atoms with E-state index in [1.165, 1.54) is 0 Å². The van der Waals surface area contributed by atoms with Gasteiger partial charge in [-0.15, -0.1) is 0 Å². The molecule has 0 unspecified atom stereocenters. The first-order valence-electron chi connectivity index (χ1n) is 5.38. The molecule has 0 aliphatic rings. The van der Waals surface area contributed by atoms with Crippen LogP contribution >= 0.6 is 27.5 Å². The van der Waals surface area contributed by atoms with Crippen molar-refractivity contribution in [1.29, 1.82) is 0 Å². The SMILES string of the molecule is CCCCCC(=O)Nc1ccc(Cl)cc1Br. The molecule has 0 atom stereocenters. The van der Waals surface area contributed by atoms with Crippen molar-refractivity contribution in [2.24, 2.45) is 0 Å². The zero-order valence-corrected chi connectivity index (χ0v) is 11.6. The number of hydrogen-bond donors (Lipinski definition) is 1. The molecule has 0 aliphatic heterocycles. The molecule has 0 aromatic heterocycles. The quantitative estimate of drug-likeness (QED) is 0.790. The highest BCUT2D eigenvalue weighted by atomic mass is 79.9. The van der Waals surface area contributed by atoms with Crippen LogP contribution in [-0.2, 0) is 4.79 Å². The molecule has 1 N–H and O–H groups in total. The lowest BCUT2D eigenvalue weighted by Gasteiger charge is -2.07. The molecule has 0 saturated heterocycles. The van der Waals surface area contributed by atoms with E-state index in [4.69, 9.17) is 11.6 Å². The number of carbonyl (C=O) groups excluding carboxylic acids is 1. The van der Waals surface area contributed by atoms with Gasteiger partial charge in [0.15, 0.2) is 0 Å². The molecule has 1 amide bonds. The summed E-state index contributed by atoms with van der Waals surface area (Å²) in [6, 6.07) is 5.32. The highest BCUT2D eigenvalue weighted by Gasteiger charge is 2.05. The summed E-state index contributed by atoms with van der Waals surface area (Å²) in [7, 11) is 0. The Morgan fingerprint density at radius 1 is 1.44 bits per heavy atom. The normalized spacial score (nSPS) is 10.2. The van der Waals surface area contributed by atoms with Crippen molar-refractivity contribution in [2.45, 2.75) is 32.6 Å². The van der Waals surface area contributed by atoms with E-state index in [0.29, 0.717) is 11.4 Å². The molecule has 1 rings (SSSR count). The Bertz CT molecular complexity index is 368. The summed E-state index contributed by atoms with van der Waals surface area (Å²) in [6.07, 6.45) is 3.73. The van der Waals surface area contributed by atoms with Gasteiger partial charge in [0.2, 0.25) is 5.91 Å². The Morgan fingerprint density at radius 2 is 2.19 bits per heavy atom. The van der Waals surface area contributed by atoms with E-state index >= 15 is 0 Å². The molecule has 0 aliphatic carbocycles. The molecule has 0 saturated carbocycles. The Balaban J connectivity index is 2.49. The van der Waals surface area contributed by atoms with Crippen LogP contribution in [0.15, 0.2) is 22.7 Å². The van der Waals surface area contributed by atoms with Crippen LogP contribution in [0, 0.1) is 0 Å². The first-order chi connectivity index (χ1) is 7.63. The standard InChI is InChI=1S/C12H15BrClNO/c1-2-3-4-5-12(16)15-11-7-6-9(14)8-10(11)13/h6-8H,2-5H2,1H3,(H,15,16). The summed E-state index contributed by atoms with van der Waals surface area (Å²) >= 11 is 9.17. The second-order valence-corrected chi connectivity index (χ2v) is 4.92. The summed E-state index contributed by atoms with van der Waals surface area (Å²) in [5, 5.41) is 3.50. The number of hydrogen-bond acceptors (Lipinski definition) is 1. The van der Waals surface area contributed by atoms with Crippen LogP contribution in [0.5, 0.6) is 0 Å². The third-order valence-corrected chi connectivity index (χ3v) is 3.10. The van der Waals surface area contributed by atoms with E-state index in [9.17, 15) is 4.79 Å². The van der Waals surface area contributed by atoms with Crippen LogP contribution in [0.1, 0.15) is 32.6 Å². The van der Waals surface area contributed by atoms with Crippen LogP contribution in [0.2, 0.25) is 5.02 Å². The van der Waals surface area contributed by atoms with Crippen molar-refractivity contribution in [3.8, 4) is 0 Å². The Morgan fingerprint density at radius 3 is 2.81 bits per heavy atom. The molecule has 16 heavy (non-hydrogen) atoms. The number of anilines is 1. The molecule has 88 valence electrons.